The van der Waals surface area contributed by atoms with E-state index in [2.05, 4.69) is 0 Å². The quantitative estimate of drug-likeness (QED) is 0.695. The highest BCUT2D eigenvalue weighted by atomic mass is 19.1. The number of hydrogen-bond acceptors (Lipinski definition) is 2. The van der Waals surface area contributed by atoms with Gasteiger partial charge in [0.05, 0.1) is 13.2 Å². The van der Waals surface area contributed by atoms with Crippen LogP contribution in [0, 0.1) is 12.7 Å². The third-order valence-corrected chi connectivity index (χ3v) is 1.99. The predicted octanol–water partition coefficient (Wildman–Crippen LogP) is 1.91. The lowest BCUT2D eigenvalue weighted by molar-refractivity contribution is -0.0808. The number of rotatable bonds is 2. The van der Waals surface area contributed by atoms with Crippen molar-refractivity contribution in [3.8, 4) is 5.75 Å². The van der Waals surface area contributed by atoms with Crippen molar-refractivity contribution in [3.05, 3.63) is 29.6 Å². The van der Waals surface area contributed by atoms with Crippen LogP contribution >= 0.6 is 0 Å². The Balaban J connectivity index is 2.10. The summed E-state index contributed by atoms with van der Waals surface area (Å²) in [6.45, 7) is 2.97. The van der Waals surface area contributed by atoms with Crippen molar-refractivity contribution >= 4 is 0 Å². The molecule has 0 amide bonds. The molecule has 2 rings (SSSR count). The van der Waals surface area contributed by atoms with Crippen molar-refractivity contribution < 1.29 is 13.9 Å². The van der Waals surface area contributed by atoms with Crippen LogP contribution in [0.15, 0.2) is 18.2 Å². The monoisotopic (exact) mass is 182 g/mol. The van der Waals surface area contributed by atoms with E-state index in [0.717, 1.165) is 5.56 Å². The lowest BCUT2D eigenvalue weighted by Gasteiger charge is -2.26. The molecule has 0 atom stereocenters. The molecule has 3 heteroatoms. The summed E-state index contributed by atoms with van der Waals surface area (Å²) in [5, 5.41) is 0. The van der Waals surface area contributed by atoms with Gasteiger partial charge in [-0.2, -0.15) is 0 Å². The van der Waals surface area contributed by atoms with Crippen molar-refractivity contribution in [2.45, 2.75) is 13.0 Å². The van der Waals surface area contributed by atoms with E-state index in [1.807, 2.05) is 13.0 Å². The molecule has 70 valence electrons. The predicted molar refractivity (Wildman–Crippen MR) is 46.4 cm³/mol. The van der Waals surface area contributed by atoms with Crippen LogP contribution in [0.3, 0.4) is 0 Å². The third kappa shape index (κ3) is 1.80. The van der Waals surface area contributed by atoms with Gasteiger partial charge in [-0.3, -0.25) is 0 Å². The summed E-state index contributed by atoms with van der Waals surface area (Å²) in [4.78, 5) is 0. The van der Waals surface area contributed by atoms with Gasteiger partial charge in [-0.15, -0.1) is 0 Å². The van der Waals surface area contributed by atoms with Gasteiger partial charge >= 0.3 is 0 Å². The maximum absolute atomic E-state index is 13.2. The summed E-state index contributed by atoms with van der Waals surface area (Å²) >= 11 is 0. The van der Waals surface area contributed by atoms with Gasteiger partial charge in [0.15, 0.2) is 11.6 Å². The van der Waals surface area contributed by atoms with Gasteiger partial charge < -0.3 is 9.47 Å². The summed E-state index contributed by atoms with van der Waals surface area (Å²) in [6.07, 6.45) is 0.0252. The third-order valence-electron chi connectivity index (χ3n) is 1.99. The van der Waals surface area contributed by atoms with Crippen LogP contribution < -0.4 is 4.74 Å². The zero-order valence-electron chi connectivity index (χ0n) is 7.42. The fourth-order valence-electron chi connectivity index (χ4n) is 1.16. The van der Waals surface area contributed by atoms with E-state index in [4.69, 9.17) is 9.47 Å². The second-order valence-corrected chi connectivity index (χ2v) is 3.21. The highest BCUT2D eigenvalue weighted by molar-refractivity contribution is 5.28. The Bertz CT molecular complexity index is 308. The maximum atomic E-state index is 13.2. The van der Waals surface area contributed by atoms with Crippen molar-refractivity contribution in [1.82, 2.24) is 0 Å². The molecule has 0 aromatic heterocycles. The van der Waals surface area contributed by atoms with Crippen LogP contribution in [0.2, 0.25) is 0 Å². The first kappa shape index (κ1) is 8.51. The Morgan fingerprint density at radius 3 is 2.77 bits per heavy atom. The largest absolute Gasteiger partial charge is 0.483 e. The second kappa shape index (κ2) is 3.34. The van der Waals surface area contributed by atoms with Crippen molar-refractivity contribution in [2.24, 2.45) is 0 Å². The van der Waals surface area contributed by atoms with E-state index >= 15 is 0 Å². The molecule has 0 unspecified atom stereocenters. The van der Waals surface area contributed by atoms with Gasteiger partial charge in [0, 0.05) is 0 Å². The first-order chi connectivity index (χ1) is 6.25. The molecule has 1 aliphatic rings. The molecular formula is C10H11FO2. The maximum Gasteiger partial charge on any atom is 0.165 e. The molecule has 1 aromatic rings. The van der Waals surface area contributed by atoms with Gasteiger partial charge in [-0.1, -0.05) is 6.07 Å². The smallest absolute Gasteiger partial charge is 0.165 e. The van der Waals surface area contributed by atoms with Crippen molar-refractivity contribution in [1.29, 1.82) is 0 Å². The van der Waals surface area contributed by atoms with Crippen molar-refractivity contribution in [3.63, 3.8) is 0 Å². The molecule has 0 saturated carbocycles. The van der Waals surface area contributed by atoms with E-state index in [1.54, 1.807) is 6.07 Å². The Hall–Kier alpha value is -1.09. The van der Waals surface area contributed by atoms with Crippen LogP contribution in [0.1, 0.15) is 5.56 Å². The summed E-state index contributed by atoms with van der Waals surface area (Å²) in [5.74, 6) is 0.0193. The average Bonchev–Trinajstić information content (AvgIpc) is 1.99. The normalized spacial score (nSPS) is 16.8. The summed E-state index contributed by atoms with van der Waals surface area (Å²) in [7, 11) is 0. The average molecular weight is 182 g/mol. The Morgan fingerprint density at radius 2 is 2.23 bits per heavy atom. The molecule has 0 aliphatic carbocycles. The summed E-state index contributed by atoms with van der Waals surface area (Å²) < 4.78 is 23.5. The number of hydrogen-bond donors (Lipinski definition) is 0. The van der Waals surface area contributed by atoms with Gasteiger partial charge in [0.1, 0.15) is 6.10 Å². The highest BCUT2D eigenvalue weighted by Crippen LogP contribution is 2.21. The van der Waals surface area contributed by atoms with Crippen molar-refractivity contribution in [2.75, 3.05) is 13.2 Å². The minimum absolute atomic E-state index is 0.0252. The Labute approximate surface area is 76.3 Å². The van der Waals surface area contributed by atoms with Crippen LogP contribution in [-0.2, 0) is 4.74 Å². The molecule has 13 heavy (non-hydrogen) atoms. The van der Waals surface area contributed by atoms with E-state index in [-0.39, 0.29) is 11.9 Å². The van der Waals surface area contributed by atoms with E-state index < -0.39 is 0 Å². The van der Waals surface area contributed by atoms with Crippen LogP contribution in [-0.4, -0.2) is 19.3 Å². The minimum Gasteiger partial charge on any atom is -0.483 e. The highest BCUT2D eigenvalue weighted by Gasteiger charge is 2.21. The van der Waals surface area contributed by atoms with Gasteiger partial charge in [0.2, 0.25) is 0 Å². The van der Waals surface area contributed by atoms with E-state index in [0.29, 0.717) is 19.0 Å². The van der Waals surface area contributed by atoms with Gasteiger partial charge in [0.25, 0.3) is 0 Å². The molecule has 1 heterocycles. The standard InChI is InChI=1S/C10H11FO2/c1-7-2-3-10(9(11)4-7)13-8-5-12-6-8/h2-4,8H,5-6H2,1H3. The SMILES string of the molecule is Cc1ccc(OC2COC2)c(F)c1. The Kier molecular flexibility index (Phi) is 2.19. The first-order valence-electron chi connectivity index (χ1n) is 4.26. The lowest BCUT2D eigenvalue weighted by Crippen LogP contribution is -2.38. The number of benzene rings is 1. The van der Waals surface area contributed by atoms with E-state index in [9.17, 15) is 4.39 Å². The summed E-state index contributed by atoms with van der Waals surface area (Å²) in [6, 6.07) is 4.95. The molecule has 1 fully saturated rings. The summed E-state index contributed by atoms with van der Waals surface area (Å²) in [5.41, 5.74) is 0.898. The molecule has 1 aromatic carbocycles. The molecule has 2 nitrogen and oxygen atoms in total. The van der Waals surface area contributed by atoms with Crippen LogP contribution in [0.4, 0.5) is 4.39 Å². The number of ether oxygens (including phenoxy) is 2. The van der Waals surface area contributed by atoms with Crippen LogP contribution in [0.5, 0.6) is 5.75 Å². The molecule has 0 spiro atoms. The molecular weight excluding hydrogens is 171 g/mol. The molecule has 0 N–H and O–H groups in total. The number of aryl methyl sites for hydroxylation is 1. The molecule has 0 bridgehead atoms. The lowest BCUT2D eigenvalue weighted by atomic mass is 10.2. The Morgan fingerprint density at radius 1 is 1.46 bits per heavy atom. The van der Waals surface area contributed by atoms with E-state index in [1.165, 1.54) is 6.07 Å². The zero-order valence-corrected chi connectivity index (χ0v) is 7.42. The molecule has 0 radical (unpaired) electrons. The number of halogens is 1. The topological polar surface area (TPSA) is 18.5 Å². The van der Waals surface area contributed by atoms with Gasteiger partial charge in [-0.25, -0.2) is 4.39 Å². The zero-order chi connectivity index (χ0) is 9.26. The fraction of sp³-hybridized carbons (Fsp3) is 0.400. The minimum atomic E-state index is -0.299. The first-order valence-corrected chi connectivity index (χ1v) is 4.26. The van der Waals surface area contributed by atoms with Gasteiger partial charge in [-0.05, 0) is 24.6 Å². The fourth-order valence-corrected chi connectivity index (χ4v) is 1.16. The molecule has 1 saturated heterocycles. The molecule has 1 aliphatic heterocycles. The second-order valence-electron chi connectivity index (χ2n) is 3.21. The van der Waals surface area contributed by atoms with Crippen LogP contribution in [0.25, 0.3) is 0 Å².